The zero-order valence-corrected chi connectivity index (χ0v) is 16.5. The minimum atomic E-state index is -0.424. The van der Waals surface area contributed by atoms with Gasteiger partial charge in [0.05, 0.1) is 17.1 Å². The molecule has 2 heterocycles. The lowest BCUT2D eigenvalue weighted by Crippen LogP contribution is -2.21. The summed E-state index contributed by atoms with van der Waals surface area (Å²) in [6, 6.07) is 1.94. The molecule has 1 aliphatic rings. The Hall–Kier alpha value is -2.15. The largest absolute Gasteiger partial charge is 0.451 e. The molecule has 0 bridgehead atoms. The Labute approximate surface area is 157 Å². The van der Waals surface area contributed by atoms with Gasteiger partial charge in [-0.1, -0.05) is 13.3 Å². The Bertz CT molecular complexity index is 837. The Kier molecular flexibility index (Phi) is 5.46. The second kappa shape index (κ2) is 7.61. The monoisotopic (exact) mass is 375 g/mol. The predicted octanol–water partition coefficient (Wildman–Crippen LogP) is 3.41. The predicted molar refractivity (Wildman–Crippen MR) is 102 cm³/mol. The first-order chi connectivity index (χ1) is 12.4. The van der Waals surface area contributed by atoms with E-state index in [-0.39, 0.29) is 12.5 Å². The van der Waals surface area contributed by atoms with Crippen molar-refractivity contribution in [3.05, 3.63) is 32.8 Å². The molecule has 0 radical (unpaired) electrons. The van der Waals surface area contributed by atoms with E-state index >= 15 is 0 Å². The fraction of sp³-hybridized carbons (Fsp3) is 0.526. The molecule has 140 valence electrons. The number of ether oxygens (including phenoxy) is 1. The molecule has 1 N–H and O–H groups in total. The highest BCUT2D eigenvalue weighted by Crippen LogP contribution is 2.33. The quantitative estimate of drug-likeness (QED) is 0.813. The van der Waals surface area contributed by atoms with E-state index in [4.69, 9.17) is 4.74 Å². The minimum Gasteiger partial charge on any atom is -0.451 e. The average molecular weight is 375 g/mol. The van der Waals surface area contributed by atoms with Crippen LogP contribution in [0, 0.1) is 19.8 Å². The Balaban J connectivity index is 1.57. The Morgan fingerprint density at radius 2 is 2.19 bits per heavy atom. The number of hydrogen-bond donors (Lipinski definition) is 1. The summed E-state index contributed by atoms with van der Waals surface area (Å²) in [5.74, 6) is -0.0742. The van der Waals surface area contributed by atoms with Crippen LogP contribution in [0.25, 0.3) is 0 Å². The second-order valence-corrected chi connectivity index (χ2v) is 8.01. The third-order valence-electron chi connectivity index (χ3n) is 5.07. The van der Waals surface area contributed by atoms with Gasteiger partial charge in [0, 0.05) is 11.9 Å². The van der Waals surface area contributed by atoms with Crippen molar-refractivity contribution in [2.45, 2.75) is 46.5 Å². The lowest BCUT2D eigenvalue weighted by atomic mass is 9.87. The van der Waals surface area contributed by atoms with Gasteiger partial charge in [-0.2, -0.15) is 5.10 Å². The summed E-state index contributed by atoms with van der Waals surface area (Å²) in [6.07, 6.45) is 4.43. The molecule has 1 atom stereocenters. The number of fused-ring (bicyclic) bond motifs is 1. The van der Waals surface area contributed by atoms with Crippen LogP contribution in [0.1, 0.15) is 51.3 Å². The average Bonchev–Trinajstić information content (AvgIpc) is 3.15. The number of rotatable bonds is 5. The van der Waals surface area contributed by atoms with E-state index < -0.39 is 5.97 Å². The summed E-state index contributed by atoms with van der Waals surface area (Å²) < 4.78 is 6.92. The molecule has 6 nitrogen and oxygen atoms in total. The van der Waals surface area contributed by atoms with Crippen molar-refractivity contribution >= 4 is 28.9 Å². The first-order valence-corrected chi connectivity index (χ1v) is 9.79. The summed E-state index contributed by atoms with van der Waals surface area (Å²) >= 11 is 1.50. The Morgan fingerprint density at radius 3 is 2.85 bits per heavy atom. The molecule has 26 heavy (non-hydrogen) atoms. The summed E-state index contributed by atoms with van der Waals surface area (Å²) in [7, 11) is 1.82. The number of carbonyl (C=O) groups excluding carboxylic acids is 2. The maximum atomic E-state index is 12.3. The molecule has 0 saturated carbocycles. The third kappa shape index (κ3) is 3.82. The Morgan fingerprint density at radius 1 is 1.42 bits per heavy atom. The van der Waals surface area contributed by atoms with Crippen LogP contribution in [-0.4, -0.2) is 28.3 Å². The van der Waals surface area contributed by atoms with Gasteiger partial charge in [-0.15, -0.1) is 11.3 Å². The molecule has 0 unspecified atom stereocenters. The normalized spacial score (nSPS) is 16.2. The highest BCUT2D eigenvalue weighted by Gasteiger charge is 2.23. The smallest absolute Gasteiger partial charge is 0.348 e. The van der Waals surface area contributed by atoms with Crippen LogP contribution in [0.3, 0.4) is 0 Å². The number of nitrogens with one attached hydrogen (secondary N) is 1. The first-order valence-electron chi connectivity index (χ1n) is 8.97. The number of thiophene rings is 1. The van der Waals surface area contributed by atoms with E-state index in [0.717, 1.165) is 24.2 Å². The maximum Gasteiger partial charge on any atom is 0.348 e. The van der Waals surface area contributed by atoms with Crippen LogP contribution in [0.15, 0.2) is 6.07 Å². The second-order valence-electron chi connectivity index (χ2n) is 6.87. The van der Waals surface area contributed by atoms with Gasteiger partial charge in [-0.25, -0.2) is 4.79 Å². The zero-order chi connectivity index (χ0) is 18.8. The highest BCUT2D eigenvalue weighted by molar-refractivity contribution is 7.14. The number of amides is 1. The third-order valence-corrected chi connectivity index (χ3v) is 6.29. The van der Waals surface area contributed by atoms with E-state index in [1.807, 2.05) is 27.0 Å². The van der Waals surface area contributed by atoms with E-state index in [1.54, 1.807) is 4.68 Å². The standard InChI is InChI=1S/C19H25N3O3S/c1-5-13-6-7-15-14(8-13)9-16(26-15)19(24)25-10-17(23)20-18-11(2)21-22(4)12(18)3/h9,13H,5-8,10H2,1-4H3,(H,20,23)/t13-/m0/s1. The van der Waals surface area contributed by atoms with Crippen LogP contribution in [0.4, 0.5) is 5.69 Å². The lowest BCUT2D eigenvalue weighted by molar-refractivity contribution is -0.119. The summed E-state index contributed by atoms with van der Waals surface area (Å²) in [5.41, 5.74) is 3.54. The van der Waals surface area contributed by atoms with Gasteiger partial charge < -0.3 is 10.1 Å². The van der Waals surface area contributed by atoms with Gasteiger partial charge in [0.1, 0.15) is 4.88 Å². The van der Waals surface area contributed by atoms with Gasteiger partial charge in [-0.3, -0.25) is 9.48 Å². The van der Waals surface area contributed by atoms with Gasteiger partial charge in [0.2, 0.25) is 0 Å². The van der Waals surface area contributed by atoms with Crippen LogP contribution in [-0.2, 0) is 29.4 Å². The molecule has 7 heteroatoms. The number of aryl methyl sites for hydroxylation is 3. The van der Waals surface area contributed by atoms with Crippen LogP contribution in [0.5, 0.6) is 0 Å². The summed E-state index contributed by atoms with van der Waals surface area (Å²) in [6.45, 7) is 5.62. The van der Waals surface area contributed by atoms with Gasteiger partial charge >= 0.3 is 5.97 Å². The van der Waals surface area contributed by atoms with E-state index in [1.165, 1.54) is 34.6 Å². The molecule has 0 saturated heterocycles. The molecule has 2 aromatic heterocycles. The molecule has 0 aliphatic heterocycles. The van der Waals surface area contributed by atoms with Crippen molar-refractivity contribution in [2.75, 3.05) is 11.9 Å². The van der Waals surface area contributed by atoms with E-state index in [2.05, 4.69) is 17.3 Å². The maximum absolute atomic E-state index is 12.3. The van der Waals surface area contributed by atoms with Crippen LogP contribution in [0.2, 0.25) is 0 Å². The van der Waals surface area contributed by atoms with Crippen LogP contribution >= 0.6 is 11.3 Å². The van der Waals surface area contributed by atoms with Crippen molar-refractivity contribution in [3.8, 4) is 0 Å². The molecule has 0 aromatic carbocycles. The molecular formula is C19H25N3O3S. The molecule has 1 amide bonds. The van der Waals surface area contributed by atoms with Gasteiger partial charge in [-0.05, 0) is 50.7 Å². The van der Waals surface area contributed by atoms with Crippen molar-refractivity contribution < 1.29 is 14.3 Å². The molecule has 3 rings (SSSR count). The molecule has 0 spiro atoms. The molecule has 1 aliphatic carbocycles. The van der Waals surface area contributed by atoms with Crippen molar-refractivity contribution in [3.63, 3.8) is 0 Å². The summed E-state index contributed by atoms with van der Waals surface area (Å²) in [4.78, 5) is 26.3. The molecule has 2 aromatic rings. The fourth-order valence-electron chi connectivity index (χ4n) is 3.38. The highest BCUT2D eigenvalue weighted by atomic mass is 32.1. The number of carbonyl (C=O) groups is 2. The SMILES string of the molecule is CC[C@H]1CCc2sc(C(=O)OCC(=O)Nc3c(C)nn(C)c3C)cc2C1. The van der Waals surface area contributed by atoms with Crippen molar-refractivity contribution in [1.82, 2.24) is 9.78 Å². The number of anilines is 1. The van der Waals surface area contributed by atoms with Crippen molar-refractivity contribution in [1.29, 1.82) is 0 Å². The first kappa shape index (κ1) is 18.6. The molecule has 0 fully saturated rings. The minimum absolute atomic E-state index is 0.299. The topological polar surface area (TPSA) is 73.2 Å². The van der Waals surface area contributed by atoms with Gasteiger partial charge in [0.25, 0.3) is 5.91 Å². The number of hydrogen-bond acceptors (Lipinski definition) is 5. The number of esters is 1. The van der Waals surface area contributed by atoms with Crippen LogP contribution < -0.4 is 5.32 Å². The molecular weight excluding hydrogens is 350 g/mol. The van der Waals surface area contributed by atoms with E-state index in [0.29, 0.717) is 16.5 Å². The van der Waals surface area contributed by atoms with Crippen molar-refractivity contribution in [2.24, 2.45) is 13.0 Å². The number of nitrogens with zero attached hydrogens (tertiary/aromatic N) is 2. The van der Waals surface area contributed by atoms with Gasteiger partial charge in [0.15, 0.2) is 6.61 Å². The lowest BCUT2D eigenvalue weighted by Gasteiger charge is -2.19. The fourth-order valence-corrected chi connectivity index (χ4v) is 4.48. The number of aromatic nitrogens is 2. The summed E-state index contributed by atoms with van der Waals surface area (Å²) in [5, 5.41) is 7.02. The zero-order valence-electron chi connectivity index (χ0n) is 15.7. The van der Waals surface area contributed by atoms with E-state index in [9.17, 15) is 9.59 Å².